The highest BCUT2D eigenvalue weighted by Gasteiger charge is 2.40. The van der Waals surface area contributed by atoms with Crippen LogP contribution in [0, 0.1) is 6.92 Å². The number of benzene rings is 1. The summed E-state index contributed by atoms with van der Waals surface area (Å²) in [6.07, 6.45) is -3.90. The summed E-state index contributed by atoms with van der Waals surface area (Å²) >= 11 is 5.77. The van der Waals surface area contributed by atoms with E-state index in [1.807, 2.05) is 0 Å². The van der Waals surface area contributed by atoms with E-state index in [1.54, 1.807) is 20.0 Å². The summed E-state index contributed by atoms with van der Waals surface area (Å²) in [6, 6.07) is 7.20. The van der Waals surface area contributed by atoms with Crippen LogP contribution in [0.2, 0.25) is 5.02 Å². The summed E-state index contributed by atoms with van der Waals surface area (Å²) in [5, 5.41) is 10.6. The number of alkyl halides is 3. The molecule has 0 radical (unpaired) electrons. The molecule has 1 aromatic carbocycles. The maximum absolute atomic E-state index is 13.6. The van der Waals surface area contributed by atoms with E-state index >= 15 is 0 Å². The van der Waals surface area contributed by atoms with Crippen LogP contribution in [0.25, 0.3) is 5.69 Å². The molecule has 0 atom stereocenters. The standard InChI is InChI=1S/C16H13ClF3N5O/c1-9-7-13(24(2)23-9)22-15(26)12-8-21-25(14(12)16(18,19)20)11-5-3-10(17)4-6-11/h3-8H,1-2H3,(H,22,26). The summed E-state index contributed by atoms with van der Waals surface area (Å²) in [5.41, 5.74) is -1.00. The zero-order valence-electron chi connectivity index (χ0n) is 13.7. The van der Waals surface area contributed by atoms with Gasteiger partial charge in [0, 0.05) is 18.1 Å². The Kier molecular flexibility index (Phi) is 4.49. The molecule has 0 aliphatic heterocycles. The number of halogens is 4. The number of carbonyl (C=O) groups excluding carboxylic acids is 1. The van der Waals surface area contributed by atoms with Gasteiger partial charge in [-0.2, -0.15) is 23.4 Å². The lowest BCUT2D eigenvalue weighted by Gasteiger charge is -2.13. The monoisotopic (exact) mass is 383 g/mol. The summed E-state index contributed by atoms with van der Waals surface area (Å²) in [6.45, 7) is 1.70. The van der Waals surface area contributed by atoms with E-state index < -0.39 is 23.3 Å². The third kappa shape index (κ3) is 3.43. The van der Waals surface area contributed by atoms with Crippen LogP contribution in [-0.2, 0) is 13.2 Å². The quantitative estimate of drug-likeness (QED) is 0.747. The van der Waals surface area contributed by atoms with Crippen molar-refractivity contribution in [2.75, 3.05) is 5.32 Å². The molecular weight excluding hydrogens is 371 g/mol. The third-order valence-corrected chi connectivity index (χ3v) is 3.85. The van der Waals surface area contributed by atoms with Gasteiger partial charge in [-0.1, -0.05) is 11.6 Å². The summed E-state index contributed by atoms with van der Waals surface area (Å²) < 4.78 is 42.8. The Labute approximate surface area is 151 Å². The molecule has 0 saturated heterocycles. The van der Waals surface area contributed by atoms with Crippen molar-refractivity contribution in [3.05, 3.63) is 58.5 Å². The van der Waals surface area contributed by atoms with Crippen molar-refractivity contribution < 1.29 is 18.0 Å². The smallest absolute Gasteiger partial charge is 0.307 e. The van der Waals surface area contributed by atoms with Gasteiger partial charge in [0.1, 0.15) is 5.82 Å². The van der Waals surface area contributed by atoms with E-state index in [9.17, 15) is 18.0 Å². The van der Waals surface area contributed by atoms with Crippen LogP contribution < -0.4 is 5.32 Å². The fourth-order valence-electron chi connectivity index (χ4n) is 2.48. The molecule has 1 amide bonds. The molecule has 0 aliphatic carbocycles. The Hall–Kier alpha value is -2.81. The molecule has 2 heterocycles. The van der Waals surface area contributed by atoms with Gasteiger partial charge in [-0.3, -0.25) is 9.48 Å². The molecule has 1 N–H and O–H groups in total. The lowest BCUT2D eigenvalue weighted by atomic mass is 10.2. The maximum Gasteiger partial charge on any atom is 0.434 e. The highest BCUT2D eigenvalue weighted by Crippen LogP contribution is 2.34. The molecule has 0 saturated carbocycles. The summed E-state index contributed by atoms with van der Waals surface area (Å²) in [5.74, 6) is -0.652. The number of aromatic nitrogens is 4. The first-order valence-electron chi connectivity index (χ1n) is 7.40. The Morgan fingerprint density at radius 1 is 1.23 bits per heavy atom. The van der Waals surface area contributed by atoms with Gasteiger partial charge < -0.3 is 5.32 Å². The van der Waals surface area contributed by atoms with Gasteiger partial charge in [0.2, 0.25) is 0 Å². The lowest BCUT2D eigenvalue weighted by Crippen LogP contribution is -2.21. The molecule has 26 heavy (non-hydrogen) atoms. The number of rotatable bonds is 3. The Bertz CT molecular complexity index is 959. The number of nitrogens with zero attached hydrogens (tertiary/aromatic N) is 4. The van der Waals surface area contributed by atoms with E-state index in [1.165, 1.54) is 28.9 Å². The third-order valence-electron chi connectivity index (χ3n) is 3.60. The molecule has 2 aromatic heterocycles. The zero-order valence-corrected chi connectivity index (χ0v) is 14.4. The Balaban J connectivity index is 2.03. The van der Waals surface area contributed by atoms with Crippen molar-refractivity contribution in [1.82, 2.24) is 19.6 Å². The second-order valence-corrected chi connectivity index (χ2v) is 5.98. The zero-order chi connectivity index (χ0) is 19.1. The highest BCUT2D eigenvalue weighted by molar-refractivity contribution is 6.30. The van der Waals surface area contributed by atoms with Gasteiger partial charge in [0.25, 0.3) is 5.91 Å². The number of nitrogens with one attached hydrogen (secondary N) is 1. The molecule has 0 bridgehead atoms. The van der Waals surface area contributed by atoms with Crippen LogP contribution in [-0.4, -0.2) is 25.5 Å². The van der Waals surface area contributed by atoms with Crippen molar-refractivity contribution in [3.63, 3.8) is 0 Å². The van der Waals surface area contributed by atoms with Gasteiger partial charge in [-0.25, -0.2) is 4.68 Å². The molecule has 3 aromatic rings. The van der Waals surface area contributed by atoms with E-state index in [0.29, 0.717) is 15.4 Å². The number of anilines is 1. The number of aryl methyl sites for hydroxylation is 2. The fraction of sp³-hybridized carbons (Fsp3) is 0.188. The number of amides is 1. The van der Waals surface area contributed by atoms with Crippen molar-refractivity contribution in [2.24, 2.45) is 7.05 Å². The van der Waals surface area contributed by atoms with Crippen molar-refractivity contribution >= 4 is 23.3 Å². The minimum atomic E-state index is -4.79. The Morgan fingerprint density at radius 3 is 2.42 bits per heavy atom. The van der Waals surface area contributed by atoms with Crippen LogP contribution >= 0.6 is 11.6 Å². The first kappa shape index (κ1) is 18.0. The molecule has 3 rings (SSSR count). The predicted molar refractivity (Wildman–Crippen MR) is 89.5 cm³/mol. The van der Waals surface area contributed by atoms with E-state index in [2.05, 4.69) is 15.5 Å². The minimum absolute atomic E-state index is 0.136. The first-order valence-corrected chi connectivity index (χ1v) is 7.78. The lowest BCUT2D eigenvalue weighted by molar-refractivity contribution is -0.143. The first-order chi connectivity index (χ1) is 12.2. The van der Waals surface area contributed by atoms with Crippen LogP contribution in [0.3, 0.4) is 0 Å². The molecule has 10 heteroatoms. The van der Waals surface area contributed by atoms with Gasteiger partial charge in [0.05, 0.1) is 23.1 Å². The van der Waals surface area contributed by atoms with Crippen LogP contribution in [0.15, 0.2) is 36.5 Å². The SMILES string of the molecule is Cc1cc(NC(=O)c2cnn(-c3ccc(Cl)cc3)c2C(F)(F)F)n(C)n1. The summed E-state index contributed by atoms with van der Waals surface area (Å²) in [4.78, 5) is 12.4. The van der Waals surface area contributed by atoms with Gasteiger partial charge in [0.15, 0.2) is 5.69 Å². The van der Waals surface area contributed by atoms with E-state index in [4.69, 9.17) is 11.6 Å². The number of hydrogen-bond donors (Lipinski definition) is 1. The van der Waals surface area contributed by atoms with Crippen LogP contribution in [0.5, 0.6) is 0 Å². The van der Waals surface area contributed by atoms with Crippen LogP contribution in [0.1, 0.15) is 21.7 Å². The molecule has 136 valence electrons. The normalized spacial score (nSPS) is 11.6. The van der Waals surface area contributed by atoms with E-state index in [0.717, 1.165) is 6.20 Å². The minimum Gasteiger partial charge on any atom is -0.307 e. The van der Waals surface area contributed by atoms with Crippen LogP contribution in [0.4, 0.5) is 19.0 Å². The molecule has 6 nitrogen and oxygen atoms in total. The second-order valence-electron chi connectivity index (χ2n) is 5.54. The molecule has 0 unspecified atom stereocenters. The van der Waals surface area contributed by atoms with Crippen molar-refractivity contribution in [3.8, 4) is 5.69 Å². The molecule has 0 fully saturated rings. The Morgan fingerprint density at radius 2 is 1.88 bits per heavy atom. The molecule has 0 spiro atoms. The van der Waals surface area contributed by atoms with E-state index in [-0.39, 0.29) is 11.5 Å². The average molecular weight is 384 g/mol. The van der Waals surface area contributed by atoms with Gasteiger partial charge in [-0.15, -0.1) is 0 Å². The molecular formula is C16H13ClF3N5O. The predicted octanol–water partition coefficient (Wildman–Crippen LogP) is 3.84. The maximum atomic E-state index is 13.6. The summed E-state index contributed by atoms with van der Waals surface area (Å²) in [7, 11) is 1.57. The highest BCUT2D eigenvalue weighted by atomic mass is 35.5. The number of hydrogen-bond acceptors (Lipinski definition) is 3. The topological polar surface area (TPSA) is 64.7 Å². The molecule has 0 aliphatic rings. The van der Waals surface area contributed by atoms with Gasteiger partial charge in [-0.05, 0) is 31.2 Å². The van der Waals surface area contributed by atoms with Crippen molar-refractivity contribution in [2.45, 2.75) is 13.1 Å². The fourth-order valence-corrected chi connectivity index (χ4v) is 2.60. The van der Waals surface area contributed by atoms with Crippen molar-refractivity contribution in [1.29, 1.82) is 0 Å². The van der Waals surface area contributed by atoms with Gasteiger partial charge >= 0.3 is 6.18 Å². The second kappa shape index (κ2) is 6.49. The number of carbonyl (C=O) groups is 1. The average Bonchev–Trinajstić information content (AvgIpc) is 3.11. The largest absolute Gasteiger partial charge is 0.434 e.